The molecule has 2 aromatic rings. The lowest BCUT2D eigenvalue weighted by Gasteiger charge is -2.39. The summed E-state index contributed by atoms with van der Waals surface area (Å²) in [6.45, 7) is 1.38. The van der Waals surface area contributed by atoms with Crippen LogP contribution in [-0.4, -0.2) is 75.8 Å². The average Bonchev–Trinajstić information content (AvgIpc) is 2.74. The molecule has 0 saturated carbocycles. The number of nitrogens with one attached hydrogen (secondary N) is 1. The van der Waals surface area contributed by atoms with Gasteiger partial charge in [0.2, 0.25) is 6.29 Å². The molecule has 1 aromatic carbocycles. The fourth-order valence-corrected chi connectivity index (χ4v) is 4.07. The third-order valence-corrected chi connectivity index (χ3v) is 5.61. The number of ether oxygens (including phenoxy) is 2. The number of hydrogen-bond donors (Lipinski definition) is 5. The molecule has 4 rings (SSSR count). The van der Waals surface area contributed by atoms with Gasteiger partial charge in [0.15, 0.2) is 0 Å². The van der Waals surface area contributed by atoms with Gasteiger partial charge in [-0.15, -0.1) is 0 Å². The highest BCUT2D eigenvalue weighted by Gasteiger charge is 2.45. The highest BCUT2D eigenvalue weighted by molar-refractivity contribution is 5.91. The Morgan fingerprint density at radius 2 is 2.00 bits per heavy atom. The summed E-state index contributed by atoms with van der Waals surface area (Å²) in [7, 11) is 0. The number of hydrogen-bond acceptors (Lipinski definition) is 8. The van der Waals surface area contributed by atoms with Gasteiger partial charge in [0.05, 0.1) is 12.8 Å². The Bertz CT molecular complexity index is 805. The van der Waals surface area contributed by atoms with Gasteiger partial charge < -0.3 is 35.2 Å². The van der Waals surface area contributed by atoms with Crippen LogP contribution >= 0.6 is 0 Å². The van der Waals surface area contributed by atoms with Crippen molar-refractivity contribution in [2.24, 2.45) is 0 Å². The molecule has 0 radical (unpaired) electrons. The fraction of sp³-hybridized carbons (Fsp3) is 0.550. The zero-order chi connectivity index (χ0) is 19.7. The van der Waals surface area contributed by atoms with Crippen LogP contribution in [0.1, 0.15) is 24.3 Å². The molecule has 152 valence electrons. The summed E-state index contributed by atoms with van der Waals surface area (Å²) < 4.78 is 11.4. The number of fused-ring (bicyclic) bond motifs is 1. The minimum atomic E-state index is -1.49. The second kappa shape index (κ2) is 8.28. The van der Waals surface area contributed by atoms with E-state index in [-0.39, 0.29) is 0 Å². The molecule has 0 unspecified atom stereocenters. The van der Waals surface area contributed by atoms with E-state index in [4.69, 9.17) is 9.47 Å². The van der Waals surface area contributed by atoms with E-state index in [9.17, 15) is 20.4 Å². The van der Waals surface area contributed by atoms with Crippen molar-refractivity contribution in [3.05, 3.63) is 36.2 Å². The summed E-state index contributed by atoms with van der Waals surface area (Å²) in [5.74, 6) is 0.764. The molecule has 8 heteroatoms. The Labute approximate surface area is 162 Å². The van der Waals surface area contributed by atoms with Gasteiger partial charge in [-0.3, -0.25) is 4.98 Å². The van der Waals surface area contributed by atoms with E-state index < -0.39 is 37.3 Å². The van der Waals surface area contributed by atoms with Crippen molar-refractivity contribution < 1.29 is 29.9 Å². The normalized spacial score (nSPS) is 33.7. The quantitative estimate of drug-likeness (QED) is 0.490. The van der Waals surface area contributed by atoms with Crippen LogP contribution in [0.25, 0.3) is 10.8 Å². The second-order valence-corrected chi connectivity index (χ2v) is 7.44. The lowest BCUT2D eigenvalue weighted by atomic mass is 9.88. The van der Waals surface area contributed by atoms with Crippen molar-refractivity contribution in [1.82, 2.24) is 10.3 Å². The molecular weight excluding hydrogens is 364 g/mol. The lowest BCUT2D eigenvalue weighted by molar-refractivity contribution is -0.277. The minimum Gasteiger partial charge on any atom is -0.460 e. The van der Waals surface area contributed by atoms with E-state index in [1.807, 2.05) is 12.1 Å². The molecular formula is C20H26N2O6. The van der Waals surface area contributed by atoms with Crippen molar-refractivity contribution in [2.45, 2.75) is 49.5 Å². The van der Waals surface area contributed by atoms with Crippen LogP contribution in [0.3, 0.4) is 0 Å². The maximum Gasteiger partial charge on any atom is 0.229 e. The van der Waals surface area contributed by atoms with Gasteiger partial charge in [-0.1, -0.05) is 18.2 Å². The van der Waals surface area contributed by atoms with Crippen molar-refractivity contribution in [1.29, 1.82) is 0 Å². The fourth-order valence-electron chi connectivity index (χ4n) is 4.07. The van der Waals surface area contributed by atoms with Gasteiger partial charge in [-0.25, -0.2) is 0 Å². The summed E-state index contributed by atoms with van der Waals surface area (Å²) >= 11 is 0. The first-order valence-corrected chi connectivity index (χ1v) is 9.64. The van der Waals surface area contributed by atoms with Gasteiger partial charge in [0, 0.05) is 23.5 Å². The van der Waals surface area contributed by atoms with Crippen LogP contribution in [0.5, 0.6) is 5.75 Å². The predicted octanol–water partition coefficient (Wildman–Crippen LogP) is -0.120. The number of pyridine rings is 1. The smallest absolute Gasteiger partial charge is 0.229 e. The first kappa shape index (κ1) is 19.5. The maximum atomic E-state index is 10.3. The third-order valence-electron chi connectivity index (χ3n) is 5.61. The van der Waals surface area contributed by atoms with Crippen molar-refractivity contribution in [3.63, 3.8) is 0 Å². The number of benzene rings is 1. The highest BCUT2D eigenvalue weighted by atomic mass is 16.7. The number of nitrogens with zero attached hydrogens (tertiary/aromatic N) is 1. The molecule has 8 nitrogen and oxygen atoms in total. The molecule has 5 N–H and O–H groups in total. The Kier molecular flexibility index (Phi) is 5.77. The van der Waals surface area contributed by atoms with Crippen LogP contribution in [0.15, 0.2) is 30.6 Å². The third kappa shape index (κ3) is 3.59. The number of aliphatic hydroxyl groups is 4. The largest absolute Gasteiger partial charge is 0.460 e. The van der Waals surface area contributed by atoms with Gasteiger partial charge in [0.25, 0.3) is 0 Å². The van der Waals surface area contributed by atoms with Crippen molar-refractivity contribution >= 4 is 10.8 Å². The van der Waals surface area contributed by atoms with Crippen molar-refractivity contribution in [3.8, 4) is 5.75 Å². The van der Waals surface area contributed by atoms with E-state index in [1.165, 1.54) is 0 Å². The average molecular weight is 390 g/mol. The number of aliphatic hydroxyl groups excluding tert-OH is 4. The Hall–Kier alpha value is -1.81. The predicted molar refractivity (Wildman–Crippen MR) is 101 cm³/mol. The molecule has 0 bridgehead atoms. The Morgan fingerprint density at radius 3 is 2.75 bits per heavy atom. The van der Waals surface area contributed by atoms with Gasteiger partial charge in [0.1, 0.15) is 30.2 Å². The zero-order valence-electron chi connectivity index (χ0n) is 15.4. The highest BCUT2D eigenvalue weighted by Crippen LogP contribution is 2.36. The van der Waals surface area contributed by atoms with E-state index in [1.54, 1.807) is 12.4 Å². The summed E-state index contributed by atoms with van der Waals surface area (Å²) in [5.41, 5.74) is 1.13. The van der Waals surface area contributed by atoms with Crippen LogP contribution in [0.2, 0.25) is 0 Å². The van der Waals surface area contributed by atoms with Crippen LogP contribution in [0.4, 0.5) is 0 Å². The van der Waals surface area contributed by atoms with Crippen LogP contribution in [-0.2, 0) is 4.74 Å². The van der Waals surface area contributed by atoms with Crippen LogP contribution in [0, 0.1) is 0 Å². The molecule has 2 saturated heterocycles. The Morgan fingerprint density at radius 1 is 1.14 bits per heavy atom. The SMILES string of the molecule is OC[C@H]1O[C@@H](Oc2cncc3cccc([C@H]4CCCNC4)c23)[C@H](O)[C@H](O)[C@@H]1O. The molecule has 28 heavy (non-hydrogen) atoms. The number of aromatic nitrogens is 1. The molecule has 0 spiro atoms. The van der Waals surface area contributed by atoms with Gasteiger partial charge in [-0.2, -0.15) is 0 Å². The zero-order valence-corrected chi connectivity index (χ0v) is 15.4. The molecule has 3 heterocycles. The summed E-state index contributed by atoms with van der Waals surface area (Å²) in [5, 5.41) is 44.9. The lowest BCUT2D eigenvalue weighted by Crippen LogP contribution is -2.60. The topological polar surface area (TPSA) is 124 Å². The Balaban J connectivity index is 1.68. The number of rotatable bonds is 4. The summed E-state index contributed by atoms with van der Waals surface area (Å²) in [6.07, 6.45) is -1.15. The molecule has 0 aliphatic carbocycles. The monoisotopic (exact) mass is 390 g/mol. The second-order valence-electron chi connectivity index (χ2n) is 7.44. The van der Waals surface area contributed by atoms with E-state index in [0.29, 0.717) is 11.7 Å². The van der Waals surface area contributed by atoms with Crippen LogP contribution < -0.4 is 10.1 Å². The summed E-state index contributed by atoms with van der Waals surface area (Å²) in [6, 6.07) is 6.01. The minimum absolute atomic E-state index is 0.331. The standard InChI is InChI=1S/C20H26N2O6/c23-10-15-17(24)18(25)19(26)20(28-15)27-14-9-22-8-12-3-1-5-13(16(12)14)11-4-2-6-21-7-11/h1,3,5,8-9,11,15,17-21,23-26H,2,4,6-7,10H2/t11-,15+,17+,18+,19+,20+/m0/s1. The molecule has 6 atom stereocenters. The maximum absolute atomic E-state index is 10.3. The summed E-state index contributed by atoms with van der Waals surface area (Å²) in [4.78, 5) is 4.22. The molecule has 0 amide bonds. The first-order valence-electron chi connectivity index (χ1n) is 9.64. The van der Waals surface area contributed by atoms with Gasteiger partial charge >= 0.3 is 0 Å². The van der Waals surface area contributed by atoms with E-state index in [2.05, 4.69) is 16.4 Å². The van der Waals surface area contributed by atoms with E-state index >= 15 is 0 Å². The van der Waals surface area contributed by atoms with Crippen molar-refractivity contribution in [2.75, 3.05) is 19.7 Å². The molecule has 1 aromatic heterocycles. The molecule has 2 fully saturated rings. The first-order chi connectivity index (χ1) is 13.6. The van der Waals surface area contributed by atoms with Gasteiger partial charge in [-0.05, 0) is 30.9 Å². The molecule has 2 aliphatic rings. The van der Waals surface area contributed by atoms with E-state index in [0.717, 1.165) is 42.3 Å². The number of piperidine rings is 1. The molecule has 2 aliphatic heterocycles.